The van der Waals surface area contributed by atoms with Crippen LogP contribution in [0.5, 0.6) is 0 Å². The van der Waals surface area contributed by atoms with E-state index in [0.29, 0.717) is 6.42 Å². The van der Waals surface area contributed by atoms with Gasteiger partial charge in [0.05, 0.1) is 12.7 Å². The number of β-amino-alcohol motifs (C(OH)–C–C–N with tert-alkyl or cyclic N) is 1. The standard InChI is InChI=1S/C7H14NO2/c9-5-1-3-8-4-2-7(10)6-8/h7,10H,1-6H2. The predicted molar refractivity (Wildman–Crippen MR) is 37.2 cm³/mol. The van der Waals surface area contributed by atoms with Crippen molar-refractivity contribution in [2.24, 2.45) is 0 Å². The summed E-state index contributed by atoms with van der Waals surface area (Å²) in [5.74, 6) is 0. The van der Waals surface area contributed by atoms with Crippen LogP contribution in [0.1, 0.15) is 12.8 Å². The van der Waals surface area contributed by atoms with Gasteiger partial charge in [-0.15, -0.1) is 0 Å². The molecular formula is C7H14NO2. The predicted octanol–water partition coefficient (Wildman–Crippen LogP) is -0.126. The minimum absolute atomic E-state index is 0.00654. The molecule has 1 heterocycles. The first kappa shape index (κ1) is 7.98. The summed E-state index contributed by atoms with van der Waals surface area (Å²) in [7, 11) is 0. The Kier molecular flexibility index (Phi) is 3.12. The molecule has 1 rings (SSSR count). The summed E-state index contributed by atoms with van der Waals surface area (Å²) < 4.78 is 0. The summed E-state index contributed by atoms with van der Waals surface area (Å²) in [6, 6.07) is 0. The SMILES string of the molecule is [O]CCCN1CCC(O)C1. The summed E-state index contributed by atoms with van der Waals surface area (Å²) in [4.78, 5) is 2.14. The highest BCUT2D eigenvalue weighted by atomic mass is 16.3. The van der Waals surface area contributed by atoms with Crippen molar-refractivity contribution in [1.82, 2.24) is 4.90 Å². The van der Waals surface area contributed by atoms with Crippen LogP contribution < -0.4 is 0 Å². The molecule has 3 heteroatoms. The highest BCUT2D eigenvalue weighted by Gasteiger charge is 2.18. The van der Waals surface area contributed by atoms with E-state index in [9.17, 15) is 5.11 Å². The molecule has 1 N–H and O–H groups in total. The van der Waals surface area contributed by atoms with Crippen LogP contribution in [0.2, 0.25) is 0 Å². The normalized spacial score (nSPS) is 27.6. The Morgan fingerprint density at radius 3 is 2.90 bits per heavy atom. The maximum absolute atomic E-state index is 10.1. The minimum Gasteiger partial charge on any atom is -0.392 e. The summed E-state index contributed by atoms with van der Waals surface area (Å²) in [6.45, 7) is 2.59. The molecule has 0 aliphatic carbocycles. The molecule has 3 nitrogen and oxygen atoms in total. The molecule has 1 saturated heterocycles. The highest BCUT2D eigenvalue weighted by Crippen LogP contribution is 2.08. The molecule has 1 unspecified atom stereocenters. The van der Waals surface area contributed by atoms with Gasteiger partial charge in [-0.3, -0.25) is 0 Å². The Labute approximate surface area is 61.3 Å². The molecule has 0 aromatic carbocycles. The fourth-order valence-electron chi connectivity index (χ4n) is 1.30. The lowest BCUT2D eigenvalue weighted by molar-refractivity contribution is 0.156. The number of aliphatic hydroxyl groups excluding tert-OH is 1. The molecule has 1 fully saturated rings. The molecule has 0 amide bonds. The molecule has 0 bridgehead atoms. The summed E-state index contributed by atoms with van der Waals surface area (Å²) >= 11 is 0. The first-order valence-electron chi connectivity index (χ1n) is 3.81. The van der Waals surface area contributed by atoms with E-state index in [2.05, 4.69) is 4.90 Å². The summed E-state index contributed by atoms with van der Waals surface area (Å²) in [6.07, 6.45) is 1.44. The number of hydrogen-bond acceptors (Lipinski definition) is 2. The maximum atomic E-state index is 10.1. The molecule has 0 aromatic rings. The zero-order chi connectivity index (χ0) is 7.40. The molecule has 1 aliphatic rings. The third kappa shape index (κ3) is 2.25. The van der Waals surface area contributed by atoms with Gasteiger partial charge in [0.2, 0.25) is 0 Å². The van der Waals surface area contributed by atoms with E-state index < -0.39 is 0 Å². The van der Waals surface area contributed by atoms with Crippen molar-refractivity contribution in [3.05, 3.63) is 0 Å². The first-order chi connectivity index (χ1) is 4.83. The van der Waals surface area contributed by atoms with Gasteiger partial charge in [0.15, 0.2) is 0 Å². The second-order valence-electron chi connectivity index (χ2n) is 2.80. The van der Waals surface area contributed by atoms with Crippen molar-refractivity contribution in [2.45, 2.75) is 18.9 Å². The van der Waals surface area contributed by atoms with Crippen molar-refractivity contribution in [2.75, 3.05) is 26.2 Å². The van der Waals surface area contributed by atoms with E-state index in [-0.39, 0.29) is 12.7 Å². The van der Waals surface area contributed by atoms with E-state index in [1.54, 1.807) is 0 Å². The van der Waals surface area contributed by atoms with Gasteiger partial charge in [-0.25, -0.2) is 5.11 Å². The molecule has 0 aromatic heterocycles. The van der Waals surface area contributed by atoms with E-state index in [1.165, 1.54) is 0 Å². The Hall–Kier alpha value is -0.120. The quantitative estimate of drug-likeness (QED) is 0.599. The van der Waals surface area contributed by atoms with Crippen molar-refractivity contribution in [3.8, 4) is 0 Å². The molecular weight excluding hydrogens is 130 g/mol. The Morgan fingerprint density at radius 1 is 1.60 bits per heavy atom. The lowest BCUT2D eigenvalue weighted by atomic mass is 10.3. The molecule has 1 aliphatic heterocycles. The monoisotopic (exact) mass is 144 g/mol. The summed E-state index contributed by atoms with van der Waals surface area (Å²) in [5.41, 5.74) is 0. The molecule has 10 heavy (non-hydrogen) atoms. The van der Waals surface area contributed by atoms with Gasteiger partial charge in [0.25, 0.3) is 0 Å². The molecule has 0 spiro atoms. The molecule has 0 saturated carbocycles. The van der Waals surface area contributed by atoms with Crippen LogP contribution in [0.4, 0.5) is 0 Å². The van der Waals surface area contributed by atoms with Crippen molar-refractivity contribution >= 4 is 0 Å². The second-order valence-corrected chi connectivity index (χ2v) is 2.80. The average Bonchev–Trinajstić information content (AvgIpc) is 2.31. The lowest BCUT2D eigenvalue weighted by Crippen LogP contribution is -2.23. The Bertz CT molecular complexity index is 97.6. The van der Waals surface area contributed by atoms with Crippen molar-refractivity contribution < 1.29 is 10.2 Å². The zero-order valence-electron chi connectivity index (χ0n) is 6.12. The van der Waals surface area contributed by atoms with Gasteiger partial charge in [-0.1, -0.05) is 0 Å². The van der Waals surface area contributed by atoms with Gasteiger partial charge in [0, 0.05) is 19.6 Å². The fourth-order valence-corrected chi connectivity index (χ4v) is 1.30. The molecule has 59 valence electrons. The van der Waals surface area contributed by atoms with Crippen molar-refractivity contribution in [3.63, 3.8) is 0 Å². The van der Waals surface area contributed by atoms with Crippen LogP contribution in [-0.4, -0.2) is 42.4 Å². The van der Waals surface area contributed by atoms with Gasteiger partial charge in [0.1, 0.15) is 0 Å². The number of rotatable bonds is 3. The maximum Gasteiger partial charge on any atom is 0.0834 e. The zero-order valence-corrected chi connectivity index (χ0v) is 6.12. The van der Waals surface area contributed by atoms with Gasteiger partial charge < -0.3 is 10.0 Å². The van der Waals surface area contributed by atoms with E-state index in [1.807, 2.05) is 0 Å². The largest absolute Gasteiger partial charge is 0.392 e. The number of likely N-dealkylation sites (tertiary alicyclic amines) is 1. The number of nitrogens with zero attached hydrogens (tertiary/aromatic N) is 1. The van der Waals surface area contributed by atoms with E-state index in [0.717, 1.165) is 26.1 Å². The highest BCUT2D eigenvalue weighted by molar-refractivity contribution is 4.73. The Morgan fingerprint density at radius 2 is 2.40 bits per heavy atom. The first-order valence-corrected chi connectivity index (χ1v) is 3.81. The van der Waals surface area contributed by atoms with Crippen LogP contribution in [-0.2, 0) is 5.11 Å². The fraction of sp³-hybridized carbons (Fsp3) is 1.00. The molecule has 1 radical (unpaired) electrons. The smallest absolute Gasteiger partial charge is 0.0834 e. The number of aliphatic hydroxyl groups is 1. The van der Waals surface area contributed by atoms with Crippen LogP contribution in [0.25, 0.3) is 0 Å². The van der Waals surface area contributed by atoms with E-state index in [4.69, 9.17) is 5.11 Å². The third-order valence-corrected chi connectivity index (χ3v) is 1.87. The van der Waals surface area contributed by atoms with Crippen LogP contribution >= 0.6 is 0 Å². The Balaban J connectivity index is 2.06. The van der Waals surface area contributed by atoms with Gasteiger partial charge >= 0.3 is 0 Å². The summed E-state index contributed by atoms with van der Waals surface area (Å²) in [5, 5.41) is 19.2. The lowest BCUT2D eigenvalue weighted by Gasteiger charge is -2.12. The topological polar surface area (TPSA) is 43.4 Å². The van der Waals surface area contributed by atoms with Crippen LogP contribution in [0.15, 0.2) is 0 Å². The molecule has 1 atom stereocenters. The van der Waals surface area contributed by atoms with Gasteiger partial charge in [-0.2, -0.15) is 0 Å². The van der Waals surface area contributed by atoms with Crippen LogP contribution in [0, 0.1) is 0 Å². The van der Waals surface area contributed by atoms with E-state index >= 15 is 0 Å². The second kappa shape index (κ2) is 3.91. The third-order valence-electron chi connectivity index (χ3n) is 1.87. The minimum atomic E-state index is -0.147. The number of hydrogen-bond donors (Lipinski definition) is 1. The average molecular weight is 144 g/mol. The van der Waals surface area contributed by atoms with Gasteiger partial charge in [-0.05, 0) is 12.8 Å². The van der Waals surface area contributed by atoms with Crippen LogP contribution in [0.3, 0.4) is 0 Å². The van der Waals surface area contributed by atoms with Crippen molar-refractivity contribution in [1.29, 1.82) is 0 Å².